The molecule has 0 aromatic heterocycles. The highest BCUT2D eigenvalue weighted by Crippen LogP contribution is 2.31. The molecule has 0 fully saturated rings. The Kier molecular flexibility index (Phi) is 6.71. The van der Waals surface area contributed by atoms with Gasteiger partial charge in [0.2, 0.25) is 0 Å². The Bertz CT molecular complexity index is 1000. The molecule has 7 heteroatoms. The fourth-order valence-corrected chi connectivity index (χ4v) is 2.68. The predicted molar refractivity (Wildman–Crippen MR) is 113 cm³/mol. The van der Waals surface area contributed by atoms with E-state index in [1.54, 1.807) is 25.5 Å². The minimum Gasteiger partial charge on any atom is -0.493 e. The number of halogens is 1. The maximum atomic E-state index is 10.9. The van der Waals surface area contributed by atoms with Gasteiger partial charge in [-0.25, -0.2) is 4.79 Å². The number of aromatic carboxylic acids is 1. The molecular formula is C22H19ClN2O4. The van der Waals surface area contributed by atoms with E-state index < -0.39 is 5.97 Å². The van der Waals surface area contributed by atoms with Gasteiger partial charge < -0.3 is 14.6 Å². The van der Waals surface area contributed by atoms with Crippen LogP contribution in [0, 0.1) is 0 Å². The predicted octanol–water partition coefficient (Wildman–Crippen LogP) is 5.07. The molecule has 0 aliphatic carbocycles. The number of carboxylic acid groups (broad SMARTS) is 1. The van der Waals surface area contributed by atoms with Crippen molar-refractivity contribution in [3.05, 3.63) is 88.4 Å². The number of carbonyl (C=O) groups is 1. The van der Waals surface area contributed by atoms with Crippen LogP contribution in [-0.4, -0.2) is 24.4 Å². The number of benzene rings is 3. The van der Waals surface area contributed by atoms with Gasteiger partial charge in [-0.2, -0.15) is 5.10 Å². The number of carboxylic acids is 1. The molecule has 148 valence electrons. The average Bonchev–Trinajstić information content (AvgIpc) is 2.74. The van der Waals surface area contributed by atoms with E-state index in [4.69, 9.17) is 26.2 Å². The summed E-state index contributed by atoms with van der Waals surface area (Å²) in [6.07, 6.45) is 1.62. The average molecular weight is 411 g/mol. The van der Waals surface area contributed by atoms with Crippen LogP contribution in [-0.2, 0) is 6.61 Å². The topological polar surface area (TPSA) is 80.2 Å². The first-order valence-electron chi connectivity index (χ1n) is 8.73. The van der Waals surface area contributed by atoms with Crippen LogP contribution in [0.1, 0.15) is 21.5 Å². The van der Waals surface area contributed by atoms with E-state index in [2.05, 4.69) is 10.5 Å². The van der Waals surface area contributed by atoms with Gasteiger partial charge in [-0.05, 0) is 54.1 Å². The number of ether oxygens (including phenoxy) is 2. The number of hydrogen-bond donors (Lipinski definition) is 2. The molecule has 2 N–H and O–H groups in total. The SMILES string of the molecule is COc1cccc(/C=N/Nc2ccc(C(=O)O)cc2)c1OCc1ccc(Cl)cc1. The lowest BCUT2D eigenvalue weighted by Gasteiger charge is -2.13. The summed E-state index contributed by atoms with van der Waals surface area (Å²) in [5.41, 5.74) is 5.45. The highest BCUT2D eigenvalue weighted by molar-refractivity contribution is 6.30. The third kappa shape index (κ3) is 5.49. The summed E-state index contributed by atoms with van der Waals surface area (Å²) in [6, 6.07) is 19.2. The molecule has 0 saturated carbocycles. The molecule has 3 aromatic carbocycles. The van der Waals surface area contributed by atoms with E-state index in [-0.39, 0.29) is 5.56 Å². The minimum atomic E-state index is -0.973. The second kappa shape index (κ2) is 9.61. The molecule has 29 heavy (non-hydrogen) atoms. The molecule has 0 saturated heterocycles. The van der Waals surface area contributed by atoms with Crippen molar-refractivity contribution in [1.29, 1.82) is 0 Å². The molecule has 3 aromatic rings. The second-order valence-electron chi connectivity index (χ2n) is 6.05. The highest BCUT2D eigenvalue weighted by atomic mass is 35.5. The maximum absolute atomic E-state index is 10.9. The van der Waals surface area contributed by atoms with Crippen molar-refractivity contribution in [2.75, 3.05) is 12.5 Å². The number of nitrogens with one attached hydrogen (secondary N) is 1. The molecule has 0 amide bonds. The van der Waals surface area contributed by atoms with Gasteiger partial charge in [0, 0.05) is 10.6 Å². The van der Waals surface area contributed by atoms with Gasteiger partial charge in [0.1, 0.15) is 6.61 Å². The van der Waals surface area contributed by atoms with Crippen molar-refractivity contribution in [2.45, 2.75) is 6.61 Å². The van der Waals surface area contributed by atoms with Gasteiger partial charge in [0.25, 0.3) is 0 Å². The van der Waals surface area contributed by atoms with Crippen LogP contribution < -0.4 is 14.9 Å². The standard InChI is InChI=1S/C22H19ClN2O4/c1-28-20-4-2-3-17(21(20)29-14-15-5-9-18(23)10-6-15)13-24-25-19-11-7-16(8-12-19)22(26)27/h2-13,25H,14H2,1H3,(H,26,27)/b24-13+. The van der Waals surface area contributed by atoms with Crippen LogP contribution in [0.4, 0.5) is 5.69 Å². The number of para-hydroxylation sites is 1. The van der Waals surface area contributed by atoms with Crippen molar-refractivity contribution < 1.29 is 19.4 Å². The van der Waals surface area contributed by atoms with Crippen molar-refractivity contribution in [1.82, 2.24) is 0 Å². The Morgan fingerprint density at radius 1 is 1.10 bits per heavy atom. The molecule has 0 atom stereocenters. The zero-order valence-corrected chi connectivity index (χ0v) is 16.4. The smallest absolute Gasteiger partial charge is 0.335 e. The Morgan fingerprint density at radius 3 is 2.48 bits per heavy atom. The number of nitrogens with zero attached hydrogens (tertiary/aromatic N) is 1. The third-order valence-corrected chi connectivity index (χ3v) is 4.31. The zero-order valence-electron chi connectivity index (χ0n) is 15.6. The molecule has 0 aliphatic rings. The number of methoxy groups -OCH3 is 1. The Hall–Kier alpha value is -3.51. The molecule has 6 nitrogen and oxygen atoms in total. The largest absolute Gasteiger partial charge is 0.493 e. The lowest BCUT2D eigenvalue weighted by atomic mass is 10.2. The summed E-state index contributed by atoms with van der Waals surface area (Å²) in [4.78, 5) is 10.9. The summed E-state index contributed by atoms with van der Waals surface area (Å²) in [5, 5.41) is 13.8. The van der Waals surface area contributed by atoms with Gasteiger partial charge in [-0.15, -0.1) is 0 Å². The van der Waals surface area contributed by atoms with Crippen molar-refractivity contribution in [3.63, 3.8) is 0 Å². The first-order valence-corrected chi connectivity index (χ1v) is 9.11. The molecule has 0 heterocycles. The number of anilines is 1. The van der Waals surface area contributed by atoms with Crippen LogP contribution in [0.25, 0.3) is 0 Å². The second-order valence-corrected chi connectivity index (χ2v) is 6.48. The summed E-state index contributed by atoms with van der Waals surface area (Å²) < 4.78 is 11.4. The van der Waals surface area contributed by atoms with Crippen LogP contribution in [0.15, 0.2) is 71.8 Å². The first kappa shape index (κ1) is 20.2. The number of rotatable bonds is 8. The van der Waals surface area contributed by atoms with Crippen molar-refractivity contribution in [3.8, 4) is 11.5 Å². The Morgan fingerprint density at radius 2 is 1.83 bits per heavy atom. The van der Waals surface area contributed by atoms with E-state index in [0.717, 1.165) is 11.1 Å². The van der Waals surface area contributed by atoms with Crippen LogP contribution in [0.5, 0.6) is 11.5 Å². The summed E-state index contributed by atoms with van der Waals surface area (Å²) in [6.45, 7) is 0.350. The molecule has 0 radical (unpaired) electrons. The quantitative estimate of drug-likeness (QED) is 0.400. The fourth-order valence-electron chi connectivity index (χ4n) is 2.55. The molecule has 0 bridgehead atoms. The Labute approximate surface area is 173 Å². The van der Waals surface area contributed by atoms with Gasteiger partial charge in [-0.1, -0.05) is 29.8 Å². The fraction of sp³-hybridized carbons (Fsp3) is 0.0909. The van der Waals surface area contributed by atoms with E-state index in [0.29, 0.717) is 28.8 Å². The third-order valence-electron chi connectivity index (χ3n) is 4.05. The van der Waals surface area contributed by atoms with Crippen molar-refractivity contribution >= 4 is 29.5 Å². The van der Waals surface area contributed by atoms with E-state index in [9.17, 15) is 4.79 Å². The number of hydrogen-bond acceptors (Lipinski definition) is 5. The Balaban J connectivity index is 1.73. The van der Waals surface area contributed by atoms with Gasteiger partial charge in [0.15, 0.2) is 11.5 Å². The van der Waals surface area contributed by atoms with Crippen LogP contribution in [0.3, 0.4) is 0 Å². The summed E-state index contributed by atoms with van der Waals surface area (Å²) >= 11 is 5.92. The van der Waals surface area contributed by atoms with Gasteiger partial charge in [0.05, 0.1) is 24.6 Å². The monoisotopic (exact) mass is 410 g/mol. The van der Waals surface area contributed by atoms with Crippen LogP contribution in [0.2, 0.25) is 5.02 Å². The van der Waals surface area contributed by atoms with Gasteiger partial charge in [-0.3, -0.25) is 5.43 Å². The maximum Gasteiger partial charge on any atom is 0.335 e. The van der Waals surface area contributed by atoms with Crippen molar-refractivity contribution in [2.24, 2.45) is 5.10 Å². The number of hydrazone groups is 1. The summed E-state index contributed by atoms with van der Waals surface area (Å²) in [5.74, 6) is 0.185. The first-order chi connectivity index (χ1) is 14.1. The molecule has 3 rings (SSSR count). The van der Waals surface area contributed by atoms with Crippen LogP contribution >= 0.6 is 11.6 Å². The summed E-state index contributed by atoms with van der Waals surface area (Å²) in [7, 11) is 1.58. The molecular weight excluding hydrogens is 392 g/mol. The normalized spacial score (nSPS) is 10.7. The highest BCUT2D eigenvalue weighted by Gasteiger charge is 2.10. The molecule has 0 spiro atoms. The zero-order chi connectivity index (χ0) is 20.6. The molecule has 0 unspecified atom stereocenters. The van der Waals surface area contributed by atoms with Gasteiger partial charge >= 0.3 is 5.97 Å². The lowest BCUT2D eigenvalue weighted by Crippen LogP contribution is -2.01. The molecule has 0 aliphatic heterocycles. The minimum absolute atomic E-state index is 0.213. The van der Waals surface area contributed by atoms with E-state index in [1.807, 2.05) is 42.5 Å². The van der Waals surface area contributed by atoms with E-state index >= 15 is 0 Å². The lowest BCUT2D eigenvalue weighted by molar-refractivity contribution is 0.0697. The van der Waals surface area contributed by atoms with E-state index in [1.165, 1.54) is 12.1 Å².